The standard InChI is InChI=1S/C12H16N2O3S/c1-7(9-3-2-6-18-9)13-12(17)14-10(11(15)16)8-4-5-8/h2-3,6-8,10H,4-5H2,1H3,(H,15,16)(H2,13,14,17). The summed E-state index contributed by atoms with van der Waals surface area (Å²) in [6, 6.07) is 2.56. The number of carbonyl (C=O) groups excluding carboxylic acids is 1. The fraction of sp³-hybridized carbons (Fsp3) is 0.500. The third kappa shape index (κ3) is 3.22. The summed E-state index contributed by atoms with van der Waals surface area (Å²) in [5.74, 6) is -0.873. The van der Waals surface area contributed by atoms with E-state index in [2.05, 4.69) is 10.6 Å². The Labute approximate surface area is 109 Å². The van der Waals surface area contributed by atoms with E-state index in [0.717, 1.165) is 17.7 Å². The molecule has 2 rings (SSSR count). The molecule has 0 bridgehead atoms. The van der Waals surface area contributed by atoms with Crippen molar-refractivity contribution in [3.05, 3.63) is 22.4 Å². The van der Waals surface area contributed by atoms with E-state index in [0.29, 0.717) is 0 Å². The Morgan fingerprint density at radius 2 is 2.17 bits per heavy atom. The molecule has 2 unspecified atom stereocenters. The van der Waals surface area contributed by atoms with Crippen molar-refractivity contribution in [2.45, 2.75) is 31.8 Å². The molecule has 18 heavy (non-hydrogen) atoms. The number of rotatable bonds is 5. The highest BCUT2D eigenvalue weighted by atomic mass is 32.1. The molecular weight excluding hydrogens is 252 g/mol. The van der Waals surface area contributed by atoms with Gasteiger partial charge in [0.15, 0.2) is 0 Å². The zero-order valence-corrected chi connectivity index (χ0v) is 10.9. The lowest BCUT2D eigenvalue weighted by molar-refractivity contribution is -0.139. The van der Waals surface area contributed by atoms with Crippen LogP contribution in [0.25, 0.3) is 0 Å². The molecule has 2 atom stereocenters. The van der Waals surface area contributed by atoms with E-state index in [4.69, 9.17) is 5.11 Å². The highest BCUT2D eigenvalue weighted by Gasteiger charge is 2.37. The minimum Gasteiger partial charge on any atom is -0.480 e. The van der Waals surface area contributed by atoms with E-state index < -0.39 is 18.0 Å². The summed E-state index contributed by atoms with van der Waals surface area (Å²) in [5.41, 5.74) is 0. The van der Waals surface area contributed by atoms with Gasteiger partial charge in [-0.3, -0.25) is 0 Å². The molecule has 1 fully saturated rings. The third-order valence-electron chi connectivity index (χ3n) is 2.96. The fourth-order valence-electron chi connectivity index (χ4n) is 1.80. The quantitative estimate of drug-likeness (QED) is 0.764. The summed E-state index contributed by atoms with van der Waals surface area (Å²) < 4.78 is 0. The van der Waals surface area contributed by atoms with E-state index in [1.165, 1.54) is 0 Å². The van der Waals surface area contributed by atoms with Gasteiger partial charge in [-0.25, -0.2) is 9.59 Å². The highest BCUT2D eigenvalue weighted by molar-refractivity contribution is 7.10. The average molecular weight is 268 g/mol. The lowest BCUT2D eigenvalue weighted by Crippen LogP contribution is -2.47. The zero-order valence-electron chi connectivity index (χ0n) is 10.1. The van der Waals surface area contributed by atoms with Crippen molar-refractivity contribution in [3.8, 4) is 0 Å². The first-order chi connectivity index (χ1) is 8.58. The number of nitrogens with one attached hydrogen (secondary N) is 2. The molecule has 1 saturated carbocycles. The van der Waals surface area contributed by atoms with Gasteiger partial charge in [0.1, 0.15) is 6.04 Å². The summed E-state index contributed by atoms with van der Waals surface area (Å²) in [7, 11) is 0. The summed E-state index contributed by atoms with van der Waals surface area (Å²) >= 11 is 1.56. The lowest BCUT2D eigenvalue weighted by atomic mass is 10.2. The zero-order chi connectivity index (χ0) is 13.1. The second kappa shape index (κ2) is 5.39. The number of hydrogen-bond donors (Lipinski definition) is 3. The molecular formula is C12H16N2O3S. The van der Waals surface area contributed by atoms with Gasteiger partial charge in [0.2, 0.25) is 0 Å². The first-order valence-corrected chi connectivity index (χ1v) is 6.79. The number of carbonyl (C=O) groups is 2. The number of carboxylic acids is 1. The van der Waals surface area contributed by atoms with Crippen molar-refractivity contribution in [3.63, 3.8) is 0 Å². The van der Waals surface area contributed by atoms with Crippen LogP contribution in [0.2, 0.25) is 0 Å². The minimum atomic E-state index is -0.962. The summed E-state index contributed by atoms with van der Waals surface area (Å²) in [5, 5.41) is 16.2. The van der Waals surface area contributed by atoms with Gasteiger partial charge in [0, 0.05) is 4.88 Å². The van der Waals surface area contributed by atoms with Crippen molar-refractivity contribution in [1.29, 1.82) is 0 Å². The molecule has 2 amide bonds. The molecule has 0 aromatic carbocycles. The summed E-state index contributed by atoms with van der Waals surface area (Å²) in [4.78, 5) is 23.8. The van der Waals surface area contributed by atoms with Crippen molar-refractivity contribution < 1.29 is 14.7 Å². The number of amides is 2. The Morgan fingerprint density at radius 1 is 1.44 bits per heavy atom. The van der Waals surface area contributed by atoms with Gasteiger partial charge >= 0.3 is 12.0 Å². The molecule has 98 valence electrons. The maximum atomic E-state index is 11.7. The molecule has 1 aliphatic rings. The van der Waals surface area contributed by atoms with Crippen LogP contribution < -0.4 is 10.6 Å². The molecule has 1 aromatic rings. The number of carboxylic acid groups (broad SMARTS) is 1. The van der Waals surface area contributed by atoms with E-state index in [1.807, 2.05) is 24.4 Å². The second-order valence-corrected chi connectivity index (χ2v) is 5.49. The molecule has 0 aliphatic heterocycles. The fourth-order valence-corrected chi connectivity index (χ4v) is 2.53. The third-order valence-corrected chi connectivity index (χ3v) is 4.02. The van der Waals surface area contributed by atoms with Gasteiger partial charge in [-0.1, -0.05) is 6.07 Å². The average Bonchev–Trinajstić information content (AvgIpc) is 2.98. The maximum absolute atomic E-state index is 11.7. The van der Waals surface area contributed by atoms with Gasteiger partial charge < -0.3 is 15.7 Å². The summed E-state index contributed by atoms with van der Waals surface area (Å²) in [6.45, 7) is 1.87. The van der Waals surface area contributed by atoms with Crippen molar-refractivity contribution in [2.24, 2.45) is 5.92 Å². The van der Waals surface area contributed by atoms with Crippen LogP contribution in [0, 0.1) is 5.92 Å². The molecule has 1 aromatic heterocycles. The van der Waals surface area contributed by atoms with Crippen LogP contribution in [0.3, 0.4) is 0 Å². The van der Waals surface area contributed by atoms with E-state index >= 15 is 0 Å². The monoisotopic (exact) mass is 268 g/mol. The number of aliphatic carboxylic acids is 1. The van der Waals surface area contributed by atoms with Crippen LogP contribution in [0.4, 0.5) is 4.79 Å². The largest absolute Gasteiger partial charge is 0.480 e. The van der Waals surface area contributed by atoms with Crippen LogP contribution in [0.5, 0.6) is 0 Å². The Balaban J connectivity index is 1.86. The first-order valence-electron chi connectivity index (χ1n) is 5.91. The summed E-state index contributed by atoms with van der Waals surface area (Å²) in [6.07, 6.45) is 1.75. The first kappa shape index (κ1) is 12.9. The van der Waals surface area contributed by atoms with Gasteiger partial charge in [-0.05, 0) is 37.1 Å². The van der Waals surface area contributed by atoms with Crippen molar-refractivity contribution in [1.82, 2.24) is 10.6 Å². The normalized spacial score (nSPS) is 17.8. The molecule has 0 spiro atoms. The van der Waals surface area contributed by atoms with Crippen molar-refractivity contribution >= 4 is 23.3 Å². The number of thiophene rings is 1. The maximum Gasteiger partial charge on any atom is 0.326 e. The highest BCUT2D eigenvalue weighted by Crippen LogP contribution is 2.32. The second-order valence-electron chi connectivity index (χ2n) is 4.51. The number of urea groups is 1. The van der Waals surface area contributed by atoms with E-state index in [-0.39, 0.29) is 12.0 Å². The molecule has 0 saturated heterocycles. The molecule has 1 heterocycles. The van der Waals surface area contributed by atoms with Crippen LogP contribution in [0.15, 0.2) is 17.5 Å². The van der Waals surface area contributed by atoms with Crippen LogP contribution in [-0.2, 0) is 4.79 Å². The van der Waals surface area contributed by atoms with Gasteiger partial charge in [-0.2, -0.15) is 0 Å². The molecule has 6 heteroatoms. The molecule has 3 N–H and O–H groups in total. The Bertz CT molecular complexity index is 429. The van der Waals surface area contributed by atoms with Gasteiger partial charge in [0.25, 0.3) is 0 Å². The van der Waals surface area contributed by atoms with Gasteiger partial charge in [-0.15, -0.1) is 11.3 Å². The topological polar surface area (TPSA) is 78.4 Å². The lowest BCUT2D eigenvalue weighted by Gasteiger charge is -2.17. The SMILES string of the molecule is CC(NC(=O)NC(C(=O)O)C1CC1)c1cccs1. The van der Waals surface area contributed by atoms with Crippen LogP contribution in [0.1, 0.15) is 30.7 Å². The Morgan fingerprint density at radius 3 is 2.67 bits per heavy atom. The molecule has 5 nitrogen and oxygen atoms in total. The van der Waals surface area contributed by atoms with E-state index in [1.54, 1.807) is 11.3 Å². The van der Waals surface area contributed by atoms with Crippen LogP contribution in [-0.4, -0.2) is 23.1 Å². The Kier molecular flexibility index (Phi) is 3.86. The predicted octanol–water partition coefficient (Wildman–Crippen LogP) is 1.97. The smallest absolute Gasteiger partial charge is 0.326 e. The predicted molar refractivity (Wildman–Crippen MR) is 68.5 cm³/mol. The molecule has 1 aliphatic carbocycles. The van der Waals surface area contributed by atoms with Crippen molar-refractivity contribution in [2.75, 3.05) is 0 Å². The van der Waals surface area contributed by atoms with Crippen LogP contribution >= 0.6 is 11.3 Å². The minimum absolute atomic E-state index is 0.0882. The molecule has 0 radical (unpaired) electrons. The Hall–Kier alpha value is -1.56. The van der Waals surface area contributed by atoms with E-state index in [9.17, 15) is 9.59 Å². The number of hydrogen-bond acceptors (Lipinski definition) is 3. The van der Waals surface area contributed by atoms with Gasteiger partial charge in [0.05, 0.1) is 6.04 Å².